The molecular weight excluding hydrogens is 392 g/mol. The summed E-state index contributed by atoms with van der Waals surface area (Å²) in [5, 5.41) is 18.4. The van der Waals surface area contributed by atoms with Gasteiger partial charge in [0.1, 0.15) is 12.6 Å². The molecule has 5 rings (SSSR count). The van der Waals surface area contributed by atoms with Gasteiger partial charge in [-0.05, 0) is 44.1 Å². The zero-order valence-electron chi connectivity index (χ0n) is 16.6. The number of nitrogens with zero attached hydrogens (tertiary/aromatic N) is 5. The molecular formula is C19H26N6O3S. The lowest BCUT2D eigenvalue weighted by Crippen LogP contribution is -2.41. The molecule has 3 atom stereocenters. The van der Waals surface area contributed by atoms with Crippen LogP contribution in [0.3, 0.4) is 0 Å². The number of nitrogens with one attached hydrogen (secondary N) is 1. The molecule has 0 radical (unpaired) electrons. The van der Waals surface area contributed by atoms with E-state index < -0.39 is 16.8 Å². The van der Waals surface area contributed by atoms with E-state index in [1.165, 1.54) is 4.31 Å². The minimum absolute atomic E-state index is 0.0725. The zero-order valence-corrected chi connectivity index (χ0v) is 17.4. The third-order valence-electron chi connectivity index (χ3n) is 6.61. The Morgan fingerprint density at radius 3 is 2.79 bits per heavy atom. The van der Waals surface area contributed by atoms with Crippen molar-refractivity contribution in [2.75, 3.05) is 6.73 Å². The standard InChI is InChI=1S/C19H26N6O3S/c1-3-12-6-13(24(10-26)29(27,28)14-4-5-14)7-15(12)19-23-22-16-9-21-18-17(25(16)19)11(2)8-20-18/h8-9,12-15,20,26H,3-7,10H2,1-2H3/t12-,13+,15+/m1/s1. The number of sulfonamides is 1. The number of fused-ring (bicyclic) bond motifs is 3. The fraction of sp³-hybridized carbons (Fsp3) is 0.632. The third-order valence-corrected chi connectivity index (χ3v) is 9.00. The van der Waals surface area contributed by atoms with E-state index in [0.717, 1.165) is 35.4 Å². The first-order valence-corrected chi connectivity index (χ1v) is 11.7. The number of aromatic amines is 1. The van der Waals surface area contributed by atoms with E-state index >= 15 is 0 Å². The predicted molar refractivity (Wildman–Crippen MR) is 108 cm³/mol. The van der Waals surface area contributed by atoms with Gasteiger partial charge in [0, 0.05) is 18.2 Å². The first-order chi connectivity index (χ1) is 14.0. The van der Waals surface area contributed by atoms with Gasteiger partial charge in [-0.3, -0.25) is 4.40 Å². The van der Waals surface area contributed by atoms with Gasteiger partial charge >= 0.3 is 0 Å². The molecule has 0 aliphatic heterocycles. The highest BCUT2D eigenvalue weighted by molar-refractivity contribution is 7.90. The molecule has 9 nitrogen and oxygen atoms in total. The van der Waals surface area contributed by atoms with E-state index in [1.807, 2.05) is 13.1 Å². The van der Waals surface area contributed by atoms with E-state index in [0.29, 0.717) is 24.9 Å². The quantitative estimate of drug-likeness (QED) is 0.591. The Hall–Kier alpha value is -2.04. The van der Waals surface area contributed by atoms with Gasteiger partial charge in [-0.1, -0.05) is 13.3 Å². The normalized spacial score (nSPS) is 25.6. The number of aliphatic hydroxyl groups is 1. The Bertz CT molecular complexity index is 1170. The second kappa shape index (κ2) is 6.75. The van der Waals surface area contributed by atoms with Crippen LogP contribution < -0.4 is 0 Å². The largest absolute Gasteiger partial charge is 0.380 e. The number of H-pyrrole nitrogens is 1. The molecule has 2 saturated carbocycles. The van der Waals surface area contributed by atoms with Crippen molar-refractivity contribution in [3.8, 4) is 0 Å². The van der Waals surface area contributed by atoms with Gasteiger partial charge in [0.05, 0.1) is 17.0 Å². The lowest BCUT2D eigenvalue weighted by molar-refractivity contribution is 0.144. The van der Waals surface area contributed by atoms with Crippen molar-refractivity contribution in [1.29, 1.82) is 0 Å². The number of rotatable bonds is 6. The molecule has 0 amide bonds. The minimum atomic E-state index is -3.43. The lowest BCUT2D eigenvalue weighted by atomic mass is 9.93. The van der Waals surface area contributed by atoms with Crippen LogP contribution in [0.4, 0.5) is 0 Å². The van der Waals surface area contributed by atoms with Crippen molar-refractivity contribution in [1.82, 2.24) is 28.9 Å². The summed E-state index contributed by atoms with van der Waals surface area (Å²) in [6, 6.07) is -0.211. The molecule has 3 aromatic rings. The highest BCUT2D eigenvalue weighted by atomic mass is 32.2. The van der Waals surface area contributed by atoms with Crippen LogP contribution >= 0.6 is 0 Å². The van der Waals surface area contributed by atoms with Gasteiger partial charge in [-0.15, -0.1) is 10.2 Å². The van der Waals surface area contributed by atoms with E-state index in [2.05, 4.69) is 31.5 Å². The Morgan fingerprint density at radius 2 is 2.10 bits per heavy atom. The van der Waals surface area contributed by atoms with Crippen LogP contribution in [0.5, 0.6) is 0 Å². The van der Waals surface area contributed by atoms with Crippen LogP contribution in [-0.2, 0) is 10.0 Å². The fourth-order valence-corrected chi connectivity index (χ4v) is 6.79. The first kappa shape index (κ1) is 19.0. The maximum Gasteiger partial charge on any atom is 0.219 e. The monoisotopic (exact) mass is 418 g/mol. The first-order valence-electron chi connectivity index (χ1n) is 10.2. The average molecular weight is 419 g/mol. The summed E-state index contributed by atoms with van der Waals surface area (Å²) in [4.78, 5) is 7.61. The van der Waals surface area contributed by atoms with Crippen LogP contribution in [-0.4, -0.2) is 60.4 Å². The highest BCUT2D eigenvalue weighted by Crippen LogP contribution is 2.45. The Morgan fingerprint density at radius 1 is 1.31 bits per heavy atom. The molecule has 2 aliphatic rings. The molecule has 3 heterocycles. The summed E-state index contributed by atoms with van der Waals surface area (Å²) in [6.45, 7) is 3.69. The number of aryl methyl sites for hydroxylation is 1. The molecule has 0 aromatic carbocycles. The van der Waals surface area contributed by atoms with Crippen LogP contribution in [0.2, 0.25) is 0 Å². The van der Waals surface area contributed by atoms with Crippen molar-refractivity contribution in [3.63, 3.8) is 0 Å². The van der Waals surface area contributed by atoms with E-state index in [1.54, 1.807) is 6.20 Å². The summed E-state index contributed by atoms with van der Waals surface area (Å²) in [7, 11) is -3.43. The van der Waals surface area contributed by atoms with E-state index in [-0.39, 0.29) is 23.1 Å². The van der Waals surface area contributed by atoms with Gasteiger partial charge in [0.25, 0.3) is 0 Å². The van der Waals surface area contributed by atoms with E-state index in [4.69, 9.17) is 0 Å². The Balaban J connectivity index is 1.56. The molecule has 0 unspecified atom stereocenters. The summed E-state index contributed by atoms with van der Waals surface area (Å²) in [5.41, 5.74) is 3.51. The molecule has 2 fully saturated rings. The Labute approximate surface area is 169 Å². The van der Waals surface area contributed by atoms with Gasteiger partial charge < -0.3 is 10.1 Å². The summed E-state index contributed by atoms with van der Waals surface area (Å²) in [5.74, 6) is 1.20. The molecule has 2 aliphatic carbocycles. The van der Waals surface area contributed by atoms with Crippen LogP contribution in [0.25, 0.3) is 16.8 Å². The van der Waals surface area contributed by atoms with Gasteiger partial charge in [0.15, 0.2) is 11.3 Å². The van der Waals surface area contributed by atoms with Crippen molar-refractivity contribution < 1.29 is 13.5 Å². The van der Waals surface area contributed by atoms with Crippen molar-refractivity contribution in [2.24, 2.45) is 5.92 Å². The van der Waals surface area contributed by atoms with Crippen molar-refractivity contribution in [3.05, 3.63) is 23.8 Å². The number of aliphatic hydroxyl groups excluding tert-OH is 1. The second-order valence-corrected chi connectivity index (χ2v) is 10.5. The van der Waals surface area contributed by atoms with E-state index in [9.17, 15) is 13.5 Å². The maximum absolute atomic E-state index is 12.8. The predicted octanol–water partition coefficient (Wildman–Crippen LogP) is 1.93. The minimum Gasteiger partial charge on any atom is -0.380 e. The third kappa shape index (κ3) is 2.88. The van der Waals surface area contributed by atoms with Crippen LogP contribution in [0.1, 0.15) is 56.3 Å². The zero-order chi connectivity index (χ0) is 20.3. The smallest absolute Gasteiger partial charge is 0.219 e. The molecule has 29 heavy (non-hydrogen) atoms. The van der Waals surface area contributed by atoms with Crippen LogP contribution in [0, 0.1) is 12.8 Å². The lowest BCUT2D eigenvalue weighted by Gasteiger charge is -2.26. The number of hydrogen-bond donors (Lipinski definition) is 2. The average Bonchev–Trinajstić information content (AvgIpc) is 3.21. The number of aromatic nitrogens is 5. The van der Waals surface area contributed by atoms with Crippen molar-refractivity contribution in [2.45, 2.75) is 63.2 Å². The number of hydrogen-bond acceptors (Lipinski definition) is 6. The maximum atomic E-state index is 12.8. The van der Waals surface area contributed by atoms with Gasteiger partial charge in [-0.25, -0.2) is 13.4 Å². The molecule has 3 aromatic heterocycles. The molecule has 0 spiro atoms. The highest BCUT2D eigenvalue weighted by Gasteiger charge is 2.47. The molecule has 10 heteroatoms. The van der Waals surface area contributed by atoms with Gasteiger partial charge in [0.2, 0.25) is 10.0 Å². The SMILES string of the molecule is CC[C@@H]1C[C@H](N(CO)S(=O)(=O)C2CC2)C[C@@H]1c1nnc2cnc3[nH]cc(C)c3n12. The second-order valence-electron chi connectivity index (χ2n) is 8.35. The molecule has 2 N–H and O–H groups in total. The fourth-order valence-electron chi connectivity index (χ4n) is 4.92. The van der Waals surface area contributed by atoms with Crippen LogP contribution in [0.15, 0.2) is 12.4 Å². The van der Waals surface area contributed by atoms with Gasteiger partial charge in [-0.2, -0.15) is 4.31 Å². The summed E-state index contributed by atoms with van der Waals surface area (Å²) < 4.78 is 29.0. The molecule has 0 saturated heterocycles. The van der Waals surface area contributed by atoms with Crippen molar-refractivity contribution >= 4 is 26.8 Å². The summed E-state index contributed by atoms with van der Waals surface area (Å²) >= 11 is 0. The summed E-state index contributed by atoms with van der Waals surface area (Å²) in [6.07, 6.45) is 7.30. The topological polar surface area (TPSA) is 116 Å². The molecule has 0 bridgehead atoms. The Kier molecular flexibility index (Phi) is 4.41. The molecule has 156 valence electrons.